The van der Waals surface area contributed by atoms with Crippen molar-refractivity contribution >= 4 is 17.6 Å². The summed E-state index contributed by atoms with van der Waals surface area (Å²) in [6.45, 7) is 1.24. The Morgan fingerprint density at radius 3 is 2.81 bits per heavy atom. The number of amides is 3. The second-order valence-corrected chi connectivity index (χ2v) is 6.98. The van der Waals surface area contributed by atoms with Gasteiger partial charge < -0.3 is 15.5 Å². The lowest BCUT2D eigenvalue weighted by molar-refractivity contribution is 0.0965. The highest BCUT2D eigenvalue weighted by Gasteiger charge is 2.28. The highest BCUT2D eigenvalue weighted by Crippen LogP contribution is 2.26. The number of hydrogen-bond donors (Lipinski definition) is 2. The molecule has 0 radical (unpaired) electrons. The smallest absolute Gasteiger partial charge is 0.322 e. The first-order valence-corrected chi connectivity index (χ1v) is 9.24. The maximum atomic E-state index is 13.0. The van der Waals surface area contributed by atoms with Crippen molar-refractivity contribution in [1.29, 1.82) is 0 Å². The van der Waals surface area contributed by atoms with Gasteiger partial charge in [0.25, 0.3) is 5.91 Å². The number of benzene rings is 2. The summed E-state index contributed by atoms with van der Waals surface area (Å²) in [6.07, 6.45) is 4.09. The fraction of sp³-hybridized carbons (Fsp3) is 0.333. The van der Waals surface area contributed by atoms with Crippen LogP contribution in [0.3, 0.4) is 0 Å². The maximum Gasteiger partial charge on any atom is 0.322 e. The molecule has 5 nitrogen and oxygen atoms in total. The predicted molar refractivity (Wildman–Crippen MR) is 101 cm³/mol. The molecule has 2 aliphatic heterocycles. The van der Waals surface area contributed by atoms with Gasteiger partial charge in [0.1, 0.15) is 0 Å². The van der Waals surface area contributed by atoms with E-state index in [-0.39, 0.29) is 18.0 Å². The third kappa shape index (κ3) is 3.29. The molecule has 0 unspecified atom stereocenters. The molecule has 2 N–H and O–H groups in total. The van der Waals surface area contributed by atoms with E-state index in [4.69, 9.17) is 0 Å². The summed E-state index contributed by atoms with van der Waals surface area (Å²) < 4.78 is 0. The zero-order chi connectivity index (χ0) is 17.9. The number of hydrogen-bond acceptors (Lipinski definition) is 2. The molecule has 0 spiro atoms. The van der Waals surface area contributed by atoms with Gasteiger partial charge in [-0.15, -0.1) is 0 Å². The van der Waals surface area contributed by atoms with Crippen LogP contribution < -0.4 is 10.6 Å². The number of urea groups is 1. The Labute approximate surface area is 153 Å². The van der Waals surface area contributed by atoms with Gasteiger partial charge in [-0.2, -0.15) is 0 Å². The summed E-state index contributed by atoms with van der Waals surface area (Å²) in [7, 11) is 0. The van der Waals surface area contributed by atoms with Crippen molar-refractivity contribution in [2.75, 3.05) is 11.9 Å². The normalized spacial score (nSPS) is 19.0. The molecule has 134 valence electrons. The van der Waals surface area contributed by atoms with E-state index >= 15 is 0 Å². The summed E-state index contributed by atoms with van der Waals surface area (Å²) in [4.78, 5) is 26.7. The van der Waals surface area contributed by atoms with Crippen LogP contribution in [0.2, 0.25) is 0 Å². The van der Waals surface area contributed by atoms with Crippen LogP contribution in [0.4, 0.5) is 10.5 Å². The van der Waals surface area contributed by atoms with Gasteiger partial charge in [-0.1, -0.05) is 36.4 Å². The number of nitrogens with one attached hydrogen (secondary N) is 2. The van der Waals surface area contributed by atoms with Crippen molar-refractivity contribution in [1.82, 2.24) is 10.2 Å². The molecule has 26 heavy (non-hydrogen) atoms. The predicted octanol–water partition coefficient (Wildman–Crippen LogP) is 3.56. The van der Waals surface area contributed by atoms with Gasteiger partial charge in [0.15, 0.2) is 0 Å². The Balaban J connectivity index is 1.50. The van der Waals surface area contributed by atoms with Crippen LogP contribution >= 0.6 is 0 Å². The second kappa shape index (κ2) is 7.20. The molecule has 0 aromatic heterocycles. The quantitative estimate of drug-likeness (QED) is 0.890. The molecule has 1 atom stereocenters. The Hall–Kier alpha value is -2.82. The van der Waals surface area contributed by atoms with Crippen molar-refractivity contribution in [2.45, 2.75) is 38.3 Å². The monoisotopic (exact) mass is 349 g/mol. The largest absolute Gasteiger partial charge is 0.348 e. The van der Waals surface area contributed by atoms with E-state index in [2.05, 4.69) is 22.8 Å². The first-order valence-electron chi connectivity index (χ1n) is 9.24. The van der Waals surface area contributed by atoms with E-state index in [1.807, 2.05) is 35.2 Å². The molecular formula is C21H23N3O2. The van der Waals surface area contributed by atoms with Crippen LogP contribution in [-0.2, 0) is 13.0 Å². The highest BCUT2D eigenvalue weighted by atomic mass is 16.2. The summed E-state index contributed by atoms with van der Waals surface area (Å²) in [6, 6.07) is 16.0. The first kappa shape index (κ1) is 16.6. The molecule has 1 saturated heterocycles. The summed E-state index contributed by atoms with van der Waals surface area (Å²) >= 11 is 0. The third-order valence-corrected chi connectivity index (χ3v) is 5.29. The van der Waals surface area contributed by atoms with Crippen LogP contribution in [0, 0.1) is 0 Å². The number of nitrogens with zero attached hydrogens (tertiary/aromatic N) is 1. The lowest BCUT2D eigenvalue weighted by atomic mass is 9.96. The van der Waals surface area contributed by atoms with Crippen molar-refractivity contribution in [3.63, 3.8) is 0 Å². The van der Waals surface area contributed by atoms with Crippen LogP contribution in [0.1, 0.15) is 40.7 Å². The average molecular weight is 349 g/mol. The number of likely N-dealkylation sites (tertiary alicyclic amines) is 1. The molecule has 2 aromatic rings. The van der Waals surface area contributed by atoms with Gasteiger partial charge in [0.2, 0.25) is 0 Å². The number of anilines is 1. The molecule has 0 saturated carbocycles. The van der Waals surface area contributed by atoms with E-state index in [0.29, 0.717) is 12.1 Å². The van der Waals surface area contributed by atoms with Crippen molar-refractivity contribution in [3.8, 4) is 0 Å². The van der Waals surface area contributed by atoms with E-state index in [9.17, 15) is 9.59 Å². The van der Waals surface area contributed by atoms with Gasteiger partial charge in [-0.3, -0.25) is 4.79 Å². The number of carbonyl (C=O) groups excluding carboxylic acids is 2. The molecule has 5 heteroatoms. The van der Waals surface area contributed by atoms with Gasteiger partial charge >= 0.3 is 6.03 Å². The Kier molecular flexibility index (Phi) is 4.61. The van der Waals surface area contributed by atoms with Gasteiger partial charge in [-0.25, -0.2) is 4.79 Å². The first-order chi connectivity index (χ1) is 12.7. The maximum absolute atomic E-state index is 13.0. The number of carbonyl (C=O) groups is 2. The number of piperidine rings is 1. The zero-order valence-electron chi connectivity index (χ0n) is 14.7. The molecule has 2 aromatic carbocycles. The second-order valence-electron chi connectivity index (χ2n) is 6.98. The van der Waals surface area contributed by atoms with E-state index in [1.54, 1.807) is 6.07 Å². The minimum atomic E-state index is -0.0731. The minimum Gasteiger partial charge on any atom is -0.348 e. The van der Waals surface area contributed by atoms with Crippen LogP contribution in [0.15, 0.2) is 48.5 Å². The average Bonchev–Trinajstić information content (AvgIpc) is 3.05. The highest BCUT2D eigenvalue weighted by molar-refractivity contribution is 6.01. The van der Waals surface area contributed by atoms with E-state index < -0.39 is 0 Å². The minimum absolute atomic E-state index is 0.0709. The van der Waals surface area contributed by atoms with Crippen LogP contribution in [-0.4, -0.2) is 29.4 Å². The van der Waals surface area contributed by atoms with E-state index in [1.165, 1.54) is 5.56 Å². The molecule has 1 fully saturated rings. The molecule has 2 heterocycles. The van der Waals surface area contributed by atoms with Gasteiger partial charge in [0, 0.05) is 35.9 Å². The van der Waals surface area contributed by atoms with Gasteiger partial charge in [-0.05, 0) is 43.4 Å². The molecule has 4 rings (SSSR count). The fourth-order valence-corrected chi connectivity index (χ4v) is 3.92. The van der Waals surface area contributed by atoms with E-state index in [0.717, 1.165) is 43.5 Å². The van der Waals surface area contributed by atoms with Crippen molar-refractivity contribution < 1.29 is 9.59 Å². The fourth-order valence-electron chi connectivity index (χ4n) is 3.92. The standard InChI is InChI=1S/C21H23N3O2/c25-20-17-10-6-11-19(18(17)14-22-20)23-21(26)24-12-5-4-9-16(24)13-15-7-2-1-3-8-15/h1-3,6-8,10-11,16H,4-5,9,12-14H2,(H,22,25)(H,23,26)/t16-/m1/s1. The van der Waals surface area contributed by atoms with Crippen LogP contribution in [0.5, 0.6) is 0 Å². The molecular weight excluding hydrogens is 326 g/mol. The molecule has 3 amide bonds. The Bertz CT molecular complexity index is 819. The Morgan fingerprint density at radius 1 is 1.12 bits per heavy atom. The lowest BCUT2D eigenvalue weighted by Crippen LogP contribution is -2.47. The van der Waals surface area contributed by atoms with Crippen molar-refractivity contribution in [3.05, 3.63) is 65.2 Å². The third-order valence-electron chi connectivity index (χ3n) is 5.29. The molecule has 0 aliphatic carbocycles. The lowest BCUT2D eigenvalue weighted by Gasteiger charge is -2.36. The van der Waals surface area contributed by atoms with Crippen molar-refractivity contribution in [2.24, 2.45) is 0 Å². The topological polar surface area (TPSA) is 61.4 Å². The zero-order valence-corrected chi connectivity index (χ0v) is 14.7. The summed E-state index contributed by atoms with van der Waals surface area (Å²) in [5, 5.41) is 5.86. The van der Waals surface area contributed by atoms with Gasteiger partial charge in [0.05, 0.1) is 0 Å². The SMILES string of the molecule is O=C1NCc2c(NC(=O)N3CCCC[C@@H]3Cc3ccccc3)cccc21. The Morgan fingerprint density at radius 2 is 1.96 bits per heavy atom. The summed E-state index contributed by atoms with van der Waals surface area (Å²) in [5.74, 6) is -0.0731. The molecule has 2 aliphatic rings. The van der Waals surface area contributed by atoms with Crippen LogP contribution in [0.25, 0.3) is 0 Å². The number of rotatable bonds is 3. The molecule has 0 bridgehead atoms. The summed E-state index contributed by atoms with van der Waals surface area (Å²) in [5.41, 5.74) is 3.52. The number of fused-ring (bicyclic) bond motifs is 1.